The molecule has 1 aliphatic heterocycles. The van der Waals surface area contributed by atoms with E-state index in [-0.39, 0.29) is 29.9 Å². The van der Waals surface area contributed by atoms with Crippen LogP contribution in [0.3, 0.4) is 0 Å². The van der Waals surface area contributed by atoms with Crippen LogP contribution in [0.2, 0.25) is 0 Å². The summed E-state index contributed by atoms with van der Waals surface area (Å²) < 4.78 is 0. The zero-order valence-electron chi connectivity index (χ0n) is 19.5. The minimum atomic E-state index is -0.0491. The van der Waals surface area contributed by atoms with E-state index in [2.05, 4.69) is 45.7 Å². The average molecular weight is 545 g/mol. The number of guanidine groups is 1. The number of nitrogens with one attached hydrogen (secondary N) is 3. The zero-order valence-corrected chi connectivity index (χ0v) is 21.8. The summed E-state index contributed by atoms with van der Waals surface area (Å²) in [7, 11) is 1.65. The van der Waals surface area contributed by atoms with E-state index in [9.17, 15) is 4.79 Å². The first-order valence-electron chi connectivity index (χ1n) is 11.4. The van der Waals surface area contributed by atoms with Crippen LogP contribution >= 0.6 is 24.0 Å². The van der Waals surface area contributed by atoms with E-state index >= 15 is 0 Å². The van der Waals surface area contributed by atoms with E-state index in [1.807, 2.05) is 18.2 Å². The van der Waals surface area contributed by atoms with E-state index in [1.165, 1.54) is 45.7 Å². The third kappa shape index (κ3) is 10.7. The number of amides is 1. The molecule has 1 aromatic carbocycles. The molecule has 1 heterocycles. The van der Waals surface area contributed by atoms with Crippen molar-refractivity contribution in [2.75, 3.05) is 66.0 Å². The molecular formula is C23H41IN6O. The standard InChI is InChI=1S/C23H40N6O.HI/c1-4-25-23(26-12-6-7-14-29-17-15-28(5-2)16-18-29)27-13-11-20-9-8-10-21(19-20)22(30)24-3;/h8-10,19H,4-7,11-18H2,1-3H3,(H,24,30)(H2,25,26,27);1H. The molecule has 7 nitrogen and oxygen atoms in total. The molecule has 1 saturated heterocycles. The maximum Gasteiger partial charge on any atom is 0.251 e. The second kappa shape index (κ2) is 16.3. The molecule has 1 aromatic rings. The van der Waals surface area contributed by atoms with Crippen LogP contribution < -0.4 is 16.0 Å². The summed E-state index contributed by atoms with van der Waals surface area (Å²) in [5.41, 5.74) is 1.84. The zero-order chi connectivity index (χ0) is 21.6. The van der Waals surface area contributed by atoms with Crippen LogP contribution in [-0.4, -0.2) is 87.6 Å². The SMILES string of the molecule is CCNC(=NCCCCN1CCN(CC)CC1)NCCc1cccc(C(=O)NC)c1.I. The number of nitrogens with zero attached hydrogens (tertiary/aromatic N) is 3. The lowest BCUT2D eigenvalue weighted by molar-refractivity contribution is 0.0963. The van der Waals surface area contributed by atoms with Crippen LogP contribution in [0, 0.1) is 0 Å². The molecule has 0 aromatic heterocycles. The second-order valence-electron chi connectivity index (χ2n) is 7.70. The van der Waals surface area contributed by atoms with Gasteiger partial charge in [-0.2, -0.15) is 0 Å². The van der Waals surface area contributed by atoms with Crippen molar-refractivity contribution < 1.29 is 4.79 Å². The lowest BCUT2D eigenvalue weighted by atomic mass is 10.1. The first-order valence-corrected chi connectivity index (χ1v) is 11.4. The van der Waals surface area contributed by atoms with Crippen molar-refractivity contribution in [3.8, 4) is 0 Å². The number of benzene rings is 1. The van der Waals surface area contributed by atoms with Gasteiger partial charge in [0.25, 0.3) is 5.91 Å². The van der Waals surface area contributed by atoms with Crippen molar-refractivity contribution in [2.45, 2.75) is 33.1 Å². The number of rotatable bonds is 11. The van der Waals surface area contributed by atoms with Gasteiger partial charge < -0.3 is 25.8 Å². The molecule has 1 fully saturated rings. The summed E-state index contributed by atoms with van der Waals surface area (Å²) in [6.07, 6.45) is 3.15. The Balaban J connectivity index is 0.00000480. The summed E-state index contributed by atoms with van der Waals surface area (Å²) in [5.74, 6) is 0.823. The Morgan fingerprint density at radius 3 is 2.48 bits per heavy atom. The molecule has 8 heteroatoms. The third-order valence-electron chi connectivity index (χ3n) is 5.53. The first-order chi connectivity index (χ1) is 14.7. The minimum Gasteiger partial charge on any atom is -0.357 e. The Kier molecular flexibility index (Phi) is 14.5. The first kappa shape index (κ1) is 27.6. The van der Waals surface area contributed by atoms with Gasteiger partial charge in [-0.3, -0.25) is 9.79 Å². The van der Waals surface area contributed by atoms with E-state index in [1.54, 1.807) is 7.05 Å². The highest BCUT2D eigenvalue weighted by atomic mass is 127. The van der Waals surface area contributed by atoms with Crippen LogP contribution in [0.1, 0.15) is 42.6 Å². The van der Waals surface area contributed by atoms with Gasteiger partial charge in [-0.15, -0.1) is 24.0 Å². The summed E-state index contributed by atoms with van der Waals surface area (Å²) in [5, 5.41) is 9.39. The van der Waals surface area contributed by atoms with Gasteiger partial charge in [0.2, 0.25) is 0 Å². The summed E-state index contributed by atoms with van der Waals surface area (Å²) in [6, 6.07) is 7.77. The Labute approximate surface area is 205 Å². The Bertz CT molecular complexity index is 661. The summed E-state index contributed by atoms with van der Waals surface area (Å²) in [4.78, 5) is 21.6. The molecular weight excluding hydrogens is 503 g/mol. The monoisotopic (exact) mass is 544 g/mol. The minimum absolute atomic E-state index is 0. The fraction of sp³-hybridized carbons (Fsp3) is 0.652. The fourth-order valence-corrected chi connectivity index (χ4v) is 3.65. The van der Waals surface area contributed by atoms with Crippen LogP contribution in [-0.2, 0) is 6.42 Å². The normalized spacial score (nSPS) is 15.3. The molecule has 0 unspecified atom stereocenters. The quantitative estimate of drug-likeness (QED) is 0.173. The highest BCUT2D eigenvalue weighted by Crippen LogP contribution is 2.06. The highest BCUT2D eigenvalue weighted by molar-refractivity contribution is 14.0. The average Bonchev–Trinajstić information content (AvgIpc) is 2.79. The van der Waals surface area contributed by atoms with E-state index in [0.717, 1.165) is 44.0 Å². The van der Waals surface area contributed by atoms with Gasteiger partial charge in [-0.25, -0.2) is 0 Å². The van der Waals surface area contributed by atoms with Crippen LogP contribution in [0.25, 0.3) is 0 Å². The Morgan fingerprint density at radius 1 is 1.06 bits per heavy atom. The lowest BCUT2D eigenvalue weighted by Gasteiger charge is -2.33. The maximum absolute atomic E-state index is 11.8. The number of carbonyl (C=O) groups is 1. The van der Waals surface area contributed by atoms with E-state index < -0.39 is 0 Å². The van der Waals surface area contributed by atoms with Gasteiger partial charge in [-0.1, -0.05) is 19.1 Å². The fourth-order valence-electron chi connectivity index (χ4n) is 3.65. The molecule has 1 amide bonds. The van der Waals surface area contributed by atoms with Crippen molar-refractivity contribution in [3.63, 3.8) is 0 Å². The Hall–Kier alpha value is -1.39. The third-order valence-corrected chi connectivity index (χ3v) is 5.53. The number of likely N-dealkylation sites (N-methyl/N-ethyl adjacent to an activating group) is 1. The van der Waals surface area contributed by atoms with Gasteiger partial charge in [0.1, 0.15) is 0 Å². The molecule has 0 spiro atoms. The van der Waals surface area contributed by atoms with Gasteiger partial charge in [0.05, 0.1) is 0 Å². The predicted octanol–water partition coefficient (Wildman–Crippen LogP) is 2.18. The topological polar surface area (TPSA) is 72.0 Å². The largest absolute Gasteiger partial charge is 0.357 e. The second-order valence-corrected chi connectivity index (χ2v) is 7.70. The molecule has 1 aliphatic rings. The van der Waals surface area contributed by atoms with Crippen molar-refractivity contribution in [3.05, 3.63) is 35.4 Å². The van der Waals surface area contributed by atoms with Gasteiger partial charge >= 0.3 is 0 Å². The van der Waals surface area contributed by atoms with Crippen LogP contribution in [0.15, 0.2) is 29.3 Å². The number of hydrogen-bond donors (Lipinski definition) is 3. The van der Waals surface area contributed by atoms with Gasteiger partial charge in [-0.05, 0) is 57.0 Å². The molecule has 3 N–H and O–H groups in total. The molecule has 0 atom stereocenters. The van der Waals surface area contributed by atoms with E-state index in [0.29, 0.717) is 5.56 Å². The molecule has 0 bridgehead atoms. The van der Waals surface area contributed by atoms with Gasteiger partial charge in [0.15, 0.2) is 5.96 Å². The summed E-state index contributed by atoms with van der Waals surface area (Å²) >= 11 is 0. The molecule has 0 radical (unpaired) electrons. The molecule has 0 saturated carbocycles. The number of halogens is 1. The molecule has 176 valence electrons. The van der Waals surface area contributed by atoms with Crippen molar-refractivity contribution in [1.29, 1.82) is 0 Å². The van der Waals surface area contributed by atoms with Gasteiger partial charge in [0, 0.05) is 58.4 Å². The van der Waals surface area contributed by atoms with Crippen LogP contribution in [0.4, 0.5) is 0 Å². The van der Waals surface area contributed by atoms with Crippen molar-refractivity contribution in [2.24, 2.45) is 4.99 Å². The number of unbranched alkanes of at least 4 members (excludes halogenated alkanes) is 1. The molecule has 31 heavy (non-hydrogen) atoms. The number of aliphatic imine (C=N–C) groups is 1. The number of piperazine rings is 1. The lowest BCUT2D eigenvalue weighted by Crippen LogP contribution is -2.46. The summed E-state index contributed by atoms with van der Waals surface area (Å²) in [6.45, 7) is 13.9. The van der Waals surface area contributed by atoms with Crippen LogP contribution in [0.5, 0.6) is 0 Å². The Morgan fingerprint density at radius 2 is 1.81 bits per heavy atom. The molecule has 2 rings (SSSR count). The molecule has 0 aliphatic carbocycles. The van der Waals surface area contributed by atoms with E-state index in [4.69, 9.17) is 4.99 Å². The predicted molar refractivity (Wildman–Crippen MR) is 141 cm³/mol. The number of hydrogen-bond acceptors (Lipinski definition) is 4. The smallest absolute Gasteiger partial charge is 0.251 e. The maximum atomic E-state index is 11.8. The number of carbonyl (C=O) groups excluding carboxylic acids is 1. The van der Waals surface area contributed by atoms with Crippen molar-refractivity contribution in [1.82, 2.24) is 25.8 Å². The van der Waals surface area contributed by atoms with Crippen molar-refractivity contribution >= 4 is 35.8 Å². The highest BCUT2D eigenvalue weighted by Gasteiger charge is 2.14.